The van der Waals surface area contributed by atoms with Crippen LogP contribution in [0.15, 0.2) is 42.5 Å². The Kier molecular flexibility index (Phi) is 3.99. The van der Waals surface area contributed by atoms with Gasteiger partial charge in [-0.1, -0.05) is 12.1 Å². The number of rotatable bonds is 4. The van der Waals surface area contributed by atoms with E-state index in [1.807, 2.05) is 30.3 Å². The lowest BCUT2D eigenvalue weighted by Gasteiger charge is -2.08. The molecule has 0 saturated carbocycles. The van der Waals surface area contributed by atoms with Gasteiger partial charge >= 0.3 is 0 Å². The van der Waals surface area contributed by atoms with E-state index in [0.717, 1.165) is 11.3 Å². The minimum atomic E-state index is -0.502. The minimum Gasteiger partial charge on any atom is -0.497 e. The van der Waals surface area contributed by atoms with Crippen molar-refractivity contribution in [3.63, 3.8) is 0 Å². The van der Waals surface area contributed by atoms with Gasteiger partial charge in [0.05, 0.1) is 12.7 Å². The number of benzene rings is 2. The summed E-state index contributed by atoms with van der Waals surface area (Å²) in [6.07, 6.45) is 0. The Bertz CT molecular complexity index is 603. The number of hydrogen-bond acceptors (Lipinski definition) is 3. The molecule has 0 radical (unpaired) electrons. The van der Waals surface area contributed by atoms with Crippen LogP contribution in [0.1, 0.15) is 11.1 Å². The first-order valence-electron chi connectivity index (χ1n) is 5.79. The number of nitrogens with one attached hydrogen (secondary N) is 1. The zero-order valence-corrected chi connectivity index (χ0v) is 10.5. The molecule has 0 bridgehead atoms. The van der Waals surface area contributed by atoms with Gasteiger partial charge in [0.1, 0.15) is 17.6 Å². The molecule has 0 unspecified atom stereocenters. The molecule has 2 aromatic rings. The van der Waals surface area contributed by atoms with Crippen LogP contribution in [-0.2, 0) is 6.54 Å². The molecule has 0 heterocycles. The van der Waals surface area contributed by atoms with Gasteiger partial charge in [-0.25, -0.2) is 4.39 Å². The van der Waals surface area contributed by atoms with E-state index in [0.29, 0.717) is 12.2 Å². The fraction of sp³-hybridized carbons (Fsp3) is 0.133. The van der Waals surface area contributed by atoms with E-state index in [1.54, 1.807) is 13.2 Å². The summed E-state index contributed by atoms with van der Waals surface area (Å²) in [5, 5.41) is 11.9. The van der Waals surface area contributed by atoms with Crippen LogP contribution in [0.5, 0.6) is 5.75 Å². The molecule has 2 aromatic carbocycles. The molecule has 0 aromatic heterocycles. The van der Waals surface area contributed by atoms with E-state index in [-0.39, 0.29) is 5.56 Å². The van der Waals surface area contributed by atoms with E-state index in [2.05, 4.69) is 5.32 Å². The Morgan fingerprint density at radius 1 is 1.21 bits per heavy atom. The van der Waals surface area contributed by atoms with Gasteiger partial charge in [0.25, 0.3) is 0 Å². The van der Waals surface area contributed by atoms with Crippen molar-refractivity contribution in [1.82, 2.24) is 0 Å². The Morgan fingerprint density at radius 2 is 1.95 bits per heavy atom. The molecule has 3 nitrogen and oxygen atoms in total. The first kappa shape index (κ1) is 12.9. The standard InChI is InChI=1S/C15H13FN2O/c1-19-14-5-2-11(3-6-14)10-18-13-4-7-15(16)12(8-13)9-17/h2-8,18H,10H2,1H3. The summed E-state index contributed by atoms with van der Waals surface area (Å²) >= 11 is 0. The van der Waals surface area contributed by atoms with E-state index in [1.165, 1.54) is 12.1 Å². The zero-order valence-electron chi connectivity index (χ0n) is 10.5. The van der Waals surface area contributed by atoms with Crippen LogP contribution in [0.4, 0.5) is 10.1 Å². The number of anilines is 1. The van der Waals surface area contributed by atoms with E-state index < -0.39 is 5.82 Å². The molecule has 2 rings (SSSR count). The van der Waals surface area contributed by atoms with Crippen molar-refractivity contribution in [3.8, 4) is 11.8 Å². The molecule has 0 fully saturated rings. The molecular formula is C15H13FN2O. The van der Waals surface area contributed by atoms with Crippen molar-refractivity contribution in [2.24, 2.45) is 0 Å². The van der Waals surface area contributed by atoms with Crippen molar-refractivity contribution in [2.45, 2.75) is 6.54 Å². The van der Waals surface area contributed by atoms with Crippen LogP contribution < -0.4 is 10.1 Å². The first-order valence-corrected chi connectivity index (χ1v) is 5.79. The second-order valence-electron chi connectivity index (χ2n) is 4.01. The van der Waals surface area contributed by atoms with Crippen LogP contribution in [0, 0.1) is 17.1 Å². The summed E-state index contributed by atoms with van der Waals surface area (Å²) in [7, 11) is 1.62. The van der Waals surface area contributed by atoms with Crippen LogP contribution >= 0.6 is 0 Å². The highest BCUT2D eigenvalue weighted by Crippen LogP contribution is 2.16. The number of halogens is 1. The van der Waals surface area contributed by atoms with Crippen molar-refractivity contribution < 1.29 is 9.13 Å². The lowest BCUT2D eigenvalue weighted by molar-refractivity contribution is 0.414. The zero-order chi connectivity index (χ0) is 13.7. The van der Waals surface area contributed by atoms with E-state index in [4.69, 9.17) is 10.00 Å². The predicted octanol–water partition coefficient (Wildman–Crippen LogP) is 3.32. The highest BCUT2D eigenvalue weighted by atomic mass is 19.1. The molecule has 0 atom stereocenters. The number of hydrogen-bond donors (Lipinski definition) is 1. The van der Waals surface area contributed by atoms with Crippen molar-refractivity contribution in [3.05, 3.63) is 59.4 Å². The van der Waals surface area contributed by atoms with Crippen LogP contribution in [0.2, 0.25) is 0 Å². The van der Waals surface area contributed by atoms with E-state index >= 15 is 0 Å². The monoisotopic (exact) mass is 256 g/mol. The van der Waals surface area contributed by atoms with Crippen molar-refractivity contribution >= 4 is 5.69 Å². The number of ether oxygens (including phenoxy) is 1. The maximum Gasteiger partial charge on any atom is 0.141 e. The average Bonchev–Trinajstić information content (AvgIpc) is 2.47. The van der Waals surface area contributed by atoms with Gasteiger partial charge in [0.15, 0.2) is 0 Å². The second-order valence-corrected chi connectivity index (χ2v) is 4.01. The second kappa shape index (κ2) is 5.87. The van der Waals surface area contributed by atoms with Gasteiger partial charge in [0, 0.05) is 12.2 Å². The normalized spacial score (nSPS) is 9.74. The van der Waals surface area contributed by atoms with Gasteiger partial charge in [-0.05, 0) is 35.9 Å². The molecule has 19 heavy (non-hydrogen) atoms. The van der Waals surface area contributed by atoms with Crippen LogP contribution in [0.25, 0.3) is 0 Å². The fourth-order valence-electron chi connectivity index (χ4n) is 1.67. The third-order valence-corrected chi connectivity index (χ3v) is 2.74. The Labute approximate surface area is 111 Å². The fourth-order valence-corrected chi connectivity index (χ4v) is 1.67. The van der Waals surface area contributed by atoms with Gasteiger partial charge in [0.2, 0.25) is 0 Å². The Hall–Kier alpha value is -2.54. The molecule has 0 amide bonds. The third kappa shape index (κ3) is 3.23. The van der Waals surface area contributed by atoms with E-state index in [9.17, 15) is 4.39 Å². The highest BCUT2D eigenvalue weighted by Gasteiger charge is 2.02. The molecule has 0 aliphatic rings. The summed E-state index contributed by atoms with van der Waals surface area (Å²) in [5.74, 6) is 0.301. The summed E-state index contributed by atoms with van der Waals surface area (Å²) in [4.78, 5) is 0. The molecule has 4 heteroatoms. The summed E-state index contributed by atoms with van der Waals surface area (Å²) in [6.45, 7) is 0.598. The highest BCUT2D eigenvalue weighted by molar-refractivity contribution is 5.50. The maximum absolute atomic E-state index is 13.2. The topological polar surface area (TPSA) is 45.0 Å². The van der Waals surface area contributed by atoms with Crippen molar-refractivity contribution in [1.29, 1.82) is 5.26 Å². The van der Waals surface area contributed by atoms with Crippen LogP contribution in [-0.4, -0.2) is 7.11 Å². The smallest absolute Gasteiger partial charge is 0.141 e. The molecular weight excluding hydrogens is 243 g/mol. The number of nitriles is 1. The summed E-state index contributed by atoms with van der Waals surface area (Å²) in [5.41, 5.74) is 1.83. The molecule has 0 aliphatic carbocycles. The number of methoxy groups -OCH3 is 1. The number of nitrogens with zero attached hydrogens (tertiary/aromatic N) is 1. The summed E-state index contributed by atoms with van der Waals surface area (Å²) in [6, 6.07) is 13.9. The minimum absolute atomic E-state index is 0.0414. The summed E-state index contributed by atoms with van der Waals surface area (Å²) < 4.78 is 18.2. The lowest BCUT2D eigenvalue weighted by Crippen LogP contribution is -2.00. The largest absolute Gasteiger partial charge is 0.497 e. The molecule has 0 saturated heterocycles. The molecule has 96 valence electrons. The SMILES string of the molecule is COc1ccc(CNc2ccc(F)c(C#N)c2)cc1. The average molecular weight is 256 g/mol. The Balaban J connectivity index is 2.04. The maximum atomic E-state index is 13.2. The van der Waals surface area contributed by atoms with Gasteiger partial charge in [-0.15, -0.1) is 0 Å². The third-order valence-electron chi connectivity index (χ3n) is 2.74. The van der Waals surface area contributed by atoms with Gasteiger partial charge in [-0.2, -0.15) is 5.26 Å². The quantitative estimate of drug-likeness (QED) is 0.912. The molecule has 0 spiro atoms. The predicted molar refractivity (Wildman–Crippen MR) is 71.4 cm³/mol. The molecule has 1 N–H and O–H groups in total. The van der Waals surface area contributed by atoms with Gasteiger partial charge < -0.3 is 10.1 Å². The van der Waals surface area contributed by atoms with Crippen LogP contribution in [0.3, 0.4) is 0 Å². The Morgan fingerprint density at radius 3 is 2.58 bits per heavy atom. The first-order chi connectivity index (χ1) is 9.22. The lowest BCUT2D eigenvalue weighted by atomic mass is 10.2. The van der Waals surface area contributed by atoms with Crippen molar-refractivity contribution in [2.75, 3.05) is 12.4 Å². The molecule has 0 aliphatic heterocycles. The van der Waals surface area contributed by atoms with Gasteiger partial charge in [-0.3, -0.25) is 0 Å².